The molecule has 12 nitrogen and oxygen atoms in total. The minimum Gasteiger partial charge on any atom is -0.453 e. The summed E-state index contributed by atoms with van der Waals surface area (Å²) in [6.07, 6.45) is 5.26. The Morgan fingerprint density at radius 1 is 1.05 bits per heavy atom. The highest BCUT2D eigenvalue weighted by atomic mass is 16.5. The molecule has 0 radical (unpaired) electrons. The summed E-state index contributed by atoms with van der Waals surface area (Å²) >= 11 is 0. The molecule has 12 heteroatoms. The standard InChI is InChI=1S/C27H34N8O4/c1-17-16-34(13-14-39-17)24-22-15-28-35(21-9-11-33(12-10-21)27(37)38-2)25(22)32-23(31-24)18-3-5-19(6-4-18)29-26(36)30-20-7-8-20/h3-6,15,17,20-21H,7-14,16H2,1-2H3,(H2,29,30,36). The maximum atomic E-state index is 12.1. The fourth-order valence-corrected chi connectivity index (χ4v) is 5.26. The van der Waals surface area contributed by atoms with Crippen LogP contribution in [0.2, 0.25) is 0 Å². The fourth-order valence-electron chi connectivity index (χ4n) is 5.26. The zero-order chi connectivity index (χ0) is 26.9. The van der Waals surface area contributed by atoms with E-state index in [1.54, 1.807) is 4.90 Å². The monoisotopic (exact) mass is 534 g/mol. The predicted octanol–water partition coefficient (Wildman–Crippen LogP) is 3.41. The number of ether oxygens (including phenoxy) is 2. The number of morpholine rings is 1. The maximum Gasteiger partial charge on any atom is 0.409 e. The lowest BCUT2D eigenvalue weighted by molar-refractivity contribution is 0.0530. The minimum absolute atomic E-state index is 0.0945. The number of nitrogens with zero attached hydrogens (tertiary/aromatic N) is 6. The molecular weight excluding hydrogens is 500 g/mol. The number of piperidine rings is 1. The number of urea groups is 1. The third-order valence-electron chi connectivity index (χ3n) is 7.53. The normalized spacial score (nSPS) is 20.2. The summed E-state index contributed by atoms with van der Waals surface area (Å²) in [6.45, 7) is 5.37. The summed E-state index contributed by atoms with van der Waals surface area (Å²) < 4.78 is 12.7. The molecule has 2 aromatic heterocycles. The van der Waals surface area contributed by atoms with Gasteiger partial charge >= 0.3 is 12.1 Å². The number of carbonyl (C=O) groups is 2. The maximum absolute atomic E-state index is 12.1. The van der Waals surface area contributed by atoms with E-state index in [9.17, 15) is 9.59 Å². The molecular formula is C27H34N8O4. The molecule has 1 unspecified atom stereocenters. The number of likely N-dealkylation sites (tertiary alicyclic amines) is 1. The van der Waals surface area contributed by atoms with E-state index >= 15 is 0 Å². The highest BCUT2D eigenvalue weighted by Crippen LogP contribution is 2.33. The van der Waals surface area contributed by atoms with Gasteiger partial charge in [0.15, 0.2) is 11.5 Å². The van der Waals surface area contributed by atoms with Gasteiger partial charge in [0.2, 0.25) is 0 Å². The summed E-state index contributed by atoms with van der Waals surface area (Å²) in [4.78, 5) is 38.1. The average Bonchev–Trinajstić information content (AvgIpc) is 3.67. The highest BCUT2D eigenvalue weighted by molar-refractivity contribution is 5.91. The van der Waals surface area contributed by atoms with E-state index in [1.807, 2.05) is 35.1 Å². The number of hydrogen-bond donors (Lipinski definition) is 2. The summed E-state index contributed by atoms with van der Waals surface area (Å²) in [5.41, 5.74) is 2.33. The Bertz CT molecular complexity index is 1350. The SMILES string of the molecule is COC(=O)N1CCC(n2ncc3c(N4CCOC(C)C4)nc(-c4ccc(NC(=O)NC5CC5)cc4)nc32)CC1. The molecule has 2 saturated heterocycles. The quantitative estimate of drug-likeness (QED) is 0.510. The number of methoxy groups -OCH3 is 1. The van der Waals surface area contributed by atoms with Crippen LogP contribution in [0.25, 0.3) is 22.4 Å². The molecule has 0 spiro atoms. The van der Waals surface area contributed by atoms with Crippen molar-refractivity contribution in [2.45, 2.75) is 50.8 Å². The van der Waals surface area contributed by atoms with Crippen molar-refractivity contribution in [3.05, 3.63) is 30.5 Å². The van der Waals surface area contributed by atoms with Crippen LogP contribution in [0.15, 0.2) is 30.5 Å². The number of amides is 3. The summed E-state index contributed by atoms with van der Waals surface area (Å²) in [5, 5.41) is 11.5. The van der Waals surface area contributed by atoms with Gasteiger partial charge in [-0.2, -0.15) is 5.10 Å². The Hall–Kier alpha value is -3.93. The molecule has 2 aliphatic heterocycles. The number of benzene rings is 1. The van der Waals surface area contributed by atoms with Crippen LogP contribution >= 0.6 is 0 Å². The van der Waals surface area contributed by atoms with Crippen LogP contribution in [0, 0.1) is 0 Å². The topological polar surface area (TPSA) is 127 Å². The van der Waals surface area contributed by atoms with Crippen molar-refractivity contribution in [3.8, 4) is 11.4 Å². The molecule has 206 valence electrons. The van der Waals surface area contributed by atoms with Crippen molar-refractivity contribution in [2.24, 2.45) is 0 Å². The van der Waals surface area contributed by atoms with Gasteiger partial charge in [-0.1, -0.05) is 0 Å². The zero-order valence-corrected chi connectivity index (χ0v) is 22.3. The van der Waals surface area contributed by atoms with Crippen LogP contribution in [-0.2, 0) is 9.47 Å². The molecule has 6 rings (SSSR count). The van der Waals surface area contributed by atoms with E-state index in [4.69, 9.17) is 24.5 Å². The second kappa shape index (κ2) is 10.7. The lowest BCUT2D eigenvalue weighted by Crippen LogP contribution is -2.41. The second-order valence-corrected chi connectivity index (χ2v) is 10.5. The first-order valence-corrected chi connectivity index (χ1v) is 13.6. The highest BCUT2D eigenvalue weighted by Gasteiger charge is 2.29. The van der Waals surface area contributed by atoms with E-state index in [-0.39, 0.29) is 24.3 Å². The van der Waals surface area contributed by atoms with Crippen molar-refractivity contribution >= 4 is 34.7 Å². The smallest absolute Gasteiger partial charge is 0.409 e. The second-order valence-electron chi connectivity index (χ2n) is 10.5. The fraction of sp³-hybridized carbons (Fsp3) is 0.519. The molecule has 2 N–H and O–H groups in total. The van der Waals surface area contributed by atoms with E-state index < -0.39 is 0 Å². The lowest BCUT2D eigenvalue weighted by Gasteiger charge is -2.33. The van der Waals surface area contributed by atoms with Gasteiger partial charge in [0.1, 0.15) is 5.82 Å². The van der Waals surface area contributed by atoms with E-state index in [2.05, 4.69) is 22.5 Å². The Morgan fingerprint density at radius 3 is 2.51 bits per heavy atom. The summed E-state index contributed by atoms with van der Waals surface area (Å²) in [5.74, 6) is 1.44. The van der Waals surface area contributed by atoms with Gasteiger partial charge in [0, 0.05) is 43.5 Å². The van der Waals surface area contributed by atoms with E-state index in [1.165, 1.54) is 7.11 Å². The molecule has 1 aliphatic carbocycles. The lowest BCUT2D eigenvalue weighted by atomic mass is 10.1. The third kappa shape index (κ3) is 5.47. The molecule has 3 fully saturated rings. The predicted molar refractivity (Wildman–Crippen MR) is 146 cm³/mol. The van der Waals surface area contributed by atoms with Crippen LogP contribution in [-0.4, -0.2) is 88.8 Å². The summed E-state index contributed by atoms with van der Waals surface area (Å²) in [6, 6.07) is 7.80. The van der Waals surface area contributed by atoms with E-state index in [0.717, 1.165) is 61.2 Å². The van der Waals surface area contributed by atoms with Crippen molar-refractivity contribution in [1.29, 1.82) is 0 Å². The van der Waals surface area contributed by atoms with Gasteiger partial charge in [-0.3, -0.25) is 0 Å². The number of aromatic nitrogens is 4. The van der Waals surface area contributed by atoms with Crippen LogP contribution < -0.4 is 15.5 Å². The van der Waals surface area contributed by atoms with Crippen molar-refractivity contribution in [2.75, 3.05) is 50.1 Å². The van der Waals surface area contributed by atoms with E-state index in [0.29, 0.717) is 37.3 Å². The molecule has 3 aliphatic rings. The Labute approximate surface area is 226 Å². The van der Waals surface area contributed by atoms with Gasteiger partial charge in [-0.15, -0.1) is 0 Å². The molecule has 1 atom stereocenters. The van der Waals surface area contributed by atoms with Gasteiger partial charge in [0.25, 0.3) is 0 Å². The van der Waals surface area contributed by atoms with Gasteiger partial charge < -0.3 is 29.9 Å². The Morgan fingerprint density at radius 2 is 1.82 bits per heavy atom. The molecule has 1 aromatic carbocycles. The molecule has 3 amide bonds. The molecule has 3 aromatic rings. The average molecular weight is 535 g/mol. The summed E-state index contributed by atoms with van der Waals surface area (Å²) in [7, 11) is 1.41. The first kappa shape index (κ1) is 25.4. The van der Waals surface area contributed by atoms with Gasteiger partial charge in [0.05, 0.1) is 37.4 Å². The number of rotatable bonds is 5. The van der Waals surface area contributed by atoms with Crippen LogP contribution in [0.3, 0.4) is 0 Å². The van der Waals surface area contributed by atoms with Crippen molar-refractivity contribution in [1.82, 2.24) is 30.0 Å². The molecule has 0 bridgehead atoms. The Balaban J connectivity index is 1.31. The number of fused-ring (bicyclic) bond motifs is 1. The molecule has 1 saturated carbocycles. The first-order chi connectivity index (χ1) is 19.0. The minimum atomic E-state index is -0.296. The number of carbonyl (C=O) groups excluding carboxylic acids is 2. The van der Waals surface area contributed by atoms with Gasteiger partial charge in [-0.05, 0) is 56.9 Å². The number of nitrogens with one attached hydrogen (secondary N) is 2. The zero-order valence-electron chi connectivity index (χ0n) is 22.3. The van der Waals surface area contributed by atoms with Crippen LogP contribution in [0.1, 0.15) is 38.6 Å². The van der Waals surface area contributed by atoms with Crippen molar-refractivity contribution < 1.29 is 19.1 Å². The number of anilines is 2. The van der Waals surface area contributed by atoms with Crippen LogP contribution in [0.5, 0.6) is 0 Å². The first-order valence-electron chi connectivity index (χ1n) is 13.6. The Kier molecular flexibility index (Phi) is 6.94. The van der Waals surface area contributed by atoms with Gasteiger partial charge in [-0.25, -0.2) is 24.2 Å². The molecule has 4 heterocycles. The van der Waals surface area contributed by atoms with Crippen LogP contribution in [0.4, 0.5) is 21.1 Å². The number of hydrogen-bond acceptors (Lipinski definition) is 8. The van der Waals surface area contributed by atoms with Crippen molar-refractivity contribution in [3.63, 3.8) is 0 Å². The largest absolute Gasteiger partial charge is 0.453 e. The molecule has 39 heavy (non-hydrogen) atoms. The third-order valence-corrected chi connectivity index (χ3v) is 7.53.